The van der Waals surface area contributed by atoms with E-state index in [4.69, 9.17) is 11.6 Å². The minimum absolute atomic E-state index is 0.0419. The van der Waals surface area contributed by atoms with Gasteiger partial charge in [0.15, 0.2) is 0 Å². The molecule has 2 fully saturated rings. The molecular weight excluding hydrogens is 548 g/mol. The zero-order valence-corrected chi connectivity index (χ0v) is 23.7. The molecule has 0 aromatic heterocycles. The van der Waals surface area contributed by atoms with Gasteiger partial charge < -0.3 is 5.11 Å². The second kappa shape index (κ2) is 11.0. The number of hydrogen-bond acceptors (Lipinski definition) is 4. The molecule has 4 aromatic rings. The number of hydrogen-bond donors (Lipinski definition) is 2. The van der Waals surface area contributed by atoms with Crippen molar-refractivity contribution in [3.63, 3.8) is 0 Å². The van der Waals surface area contributed by atoms with Crippen molar-refractivity contribution in [3.8, 4) is 0 Å². The SMILES string of the molecule is Cc1ccc(N2C(=O)C3C(c4ccc(/C=C/c5ccccc5)cc4)NC(Cc4ccccc4)(C(=O)O)C3C2=O)cc1Cl. The van der Waals surface area contributed by atoms with Crippen molar-refractivity contribution in [3.05, 3.63) is 136 Å². The van der Waals surface area contributed by atoms with Crippen LogP contribution in [0.1, 0.15) is 33.9 Å². The van der Waals surface area contributed by atoms with Crippen LogP contribution in [0.5, 0.6) is 0 Å². The topological polar surface area (TPSA) is 86.7 Å². The Morgan fingerprint density at radius 1 is 0.881 bits per heavy atom. The molecule has 0 spiro atoms. The molecule has 4 atom stereocenters. The van der Waals surface area contributed by atoms with E-state index in [2.05, 4.69) is 5.32 Å². The van der Waals surface area contributed by atoms with Crippen LogP contribution in [0.2, 0.25) is 5.02 Å². The molecule has 210 valence electrons. The summed E-state index contributed by atoms with van der Waals surface area (Å²) in [5.41, 5.74) is 2.97. The van der Waals surface area contributed by atoms with Gasteiger partial charge in [-0.3, -0.25) is 19.7 Å². The Morgan fingerprint density at radius 3 is 2.12 bits per heavy atom. The molecule has 2 aliphatic rings. The van der Waals surface area contributed by atoms with Crippen LogP contribution in [0.4, 0.5) is 5.69 Å². The Labute approximate surface area is 249 Å². The van der Waals surface area contributed by atoms with E-state index in [1.165, 1.54) is 0 Å². The average Bonchev–Trinajstić information content (AvgIpc) is 3.48. The molecule has 2 amide bonds. The Balaban J connectivity index is 1.41. The van der Waals surface area contributed by atoms with Gasteiger partial charge in [-0.2, -0.15) is 0 Å². The second-order valence-electron chi connectivity index (χ2n) is 10.9. The fourth-order valence-corrected chi connectivity index (χ4v) is 6.36. The number of carbonyl (C=O) groups is 3. The highest BCUT2D eigenvalue weighted by atomic mass is 35.5. The number of aryl methyl sites for hydroxylation is 1. The second-order valence-corrected chi connectivity index (χ2v) is 11.3. The molecule has 4 unspecified atom stereocenters. The van der Waals surface area contributed by atoms with Crippen molar-refractivity contribution in [1.82, 2.24) is 5.32 Å². The lowest BCUT2D eigenvalue weighted by molar-refractivity contribution is -0.148. The predicted octanol–water partition coefficient (Wildman–Crippen LogP) is 6.34. The molecule has 42 heavy (non-hydrogen) atoms. The van der Waals surface area contributed by atoms with Gasteiger partial charge in [-0.15, -0.1) is 0 Å². The van der Waals surface area contributed by atoms with Crippen LogP contribution >= 0.6 is 11.6 Å². The fourth-order valence-electron chi connectivity index (χ4n) is 6.19. The number of amides is 2. The van der Waals surface area contributed by atoms with Gasteiger partial charge >= 0.3 is 5.97 Å². The molecule has 2 N–H and O–H groups in total. The summed E-state index contributed by atoms with van der Waals surface area (Å²) in [5, 5.41) is 14.4. The Hall–Kier alpha value is -4.52. The smallest absolute Gasteiger partial charge is 0.325 e. The van der Waals surface area contributed by atoms with Crippen LogP contribution in [0, 0.1) is 18.8 Å². The summed E-state index contributed by atoms with van der Waals surface area (Å²) in [6.45, 7) is 1.84. The van der Waals surface area contributed by atoms with E-state index in [-0.39, 0.29) is 6.42 Å². The maximum Gasteiger partial charge on any atom is 0.325 e. The number of carboxylic acid groups (broad SMARTS) is 1. The first-order valence-electron chi connectivity index (χ1n) is 13.8. The lowest BCUT2D eigenvalue weighted by Crippen LogP contribution is -2.57. The maximum absolute atomic E-state index is 14.1. The lowest BCUT2D eigenvalue weighted by atomic mass is 9.76. The highest BCUT2D eigenvalue weighted by Gasteiger charge is 2.68. The van der Waals surface area contributed by atoms with E-state index in [1.807, 2.05) is 104 Å². The number of carbonyl (C=O) groups excluding carboxylic acids is 2. The molecule has 2 saturated heterocycles. The zero-order chi connectivity index (χ0) is 29.4. The third kappa shape index (κ3) is 4.83. The summed E-state index contributed by atoms with van der Waals surface area (Å²) >= 11 is 6.37. The van der Waals surface area contributed by atoms with Crippen molar-refractivity contribution < 1.29 is 19.5 Å². The molecule has 0 radical (unpaired) electrons. The quantitative estimate of drug-likeness (QED) is 0.198. The molecule has 2 aliphatic heterocycles. The molecule has 6 rings (SSSR count). The largest absolute Gasteiger partial charge is 0.480 e. The van der Waals surface area contributed by atoms with Crippen LogP contribution in [-0.2, 0) is 20.8 Å². The first-order chi connectivity index (χ1) is 20.3. The number of nitrogens with one attached hydrogen (secondary N) is 1. The summed E-state index contributed by atoms with van der Waals surface area (Å²) in [6, 6.07) is 31.1. The standard InChI is InChI=1S/C35H29ClN2O4/c1-22-12-19-27(20-28(22)36)38-32(39)29-30(33(38)40)35(34(41)42,21-25-10-6-3-7-11-25)37-31(29)26-17-15-24(16-18-26)14-13-23-8-4-2-5-9-23/h2-20,29-31,37H,21H2,1H3,(H,41,42)/b14-13+. The summed E-state index contributed by atoms with van der Waals surface area (Å²) in [6.07, 6.45) is 4.05. The van der Waals surface area contributed by atoms with Crippen molar-refractivity contribution in [2.24, 2.45) is 11.8 Å². The normalized spacial score (nSPS) is 23.5. The Bertz CT molecular complexity index is 1690. The summed E-state index contributed by atoms with van der Waals surface area (Å²) in [5.74, 6) is -4.18. The van der Waals surface area contributed by atoms with Gasteiger partial charge in [0.05, 0.1) is 17.5 Å². The van der Waals surface area contributed by atoms with Crippen molar-refractivity contribution >= 4 is 47.2 Å². The Morgan fingerprint density at radius 2 is 1.50 bits per heavy atom. The molecule has 7 heteroatoms. The number of imide groups is 1. The van der Waals surface area contributed by atoms with Crippen LogP contribution < -0.4 is 10.2 Å². The van der Waals surface area contributed by atoms with Gasteiger partial charge in [-0.05, 0) is 46.9 Å². The van der Waals surface area contributed by atoms with E-state index in [0.717, 1.165) is 32.7 Å². The first kappa shape index (κ1) is 27.6. The molecule has 6 nitrogen and oxygen atoms in total. The lowest BCUT2D eigenvalue weighted by Gasteiger charge is -2.31. The van der Waals surface area contributed by atoms with Crippen LogP contribution in [0.25, 0.3) is 12.2 Å². The molecule has 0 aliphatic carbocycles. The van der Waals surface area contributed by atoms with Gasteiger partial charge in [0, 0.05) is 17.5 Å². The van der Waals surface area contributed by atoms with Crippen LogP contribution in [0.3, 0.4) is 0 Å². The van der Waals surface area contributed by atoms with E-state index in [1.54, 1.807) is 18.2 Å². The van der Waals surface area contributed by atoms with E-state index in [9.17, 15) is 19.5 Å². The highest BCUT2D eigenvalue weighted by Crippen LogP contribution is 2.51. The summed E-state index contributed by atoms with van der Waals surface area (Å²) in [4.78, 5) is 42.4. The first-order valence-corrected chi connectivity index (χ1v) is 14.2. The fraction of sp³-hybridized carbons (Fsp3) is 0.171. The van der Waals surface area contributed by atoms with Gasteiger partial charge in [0.2, 0.25) is 11.8 Å². The number of benzene rings is 4. The van der Waals surface area contributed by atoms with Gasteiger partial charge in [0.1, 0.15) is 5.54 Å². The van der Waals surface area contributed by atoms with Crippen LogP contribution in [-0.4, -0.2) is 28.4 Å². The highest BCUT2D eigenvalue weighted by molar-refractivity contribution is 6.32. The van der Waals surface area contributed by atoms with Crippen LogP contribution in [0.15, 0.2) is 103 Å². The van der Waals surface area contributed by atoms with Crippen molar-refractivity contribution in [1.29, 1.82) is 0 Å². The number of rotatable bonds is 7. The van der Waals surface area contributed by atoms with E-state index < -0.39 is 41.2 Å². The number of halogens is 1. The van der Waals surface area contributed by atoms with Crippen molar-refractivity contribution in [2.45, 2.75) is 24.9 Å². The molecule has 0 saturated carbocycles. The Kier molecular flexibility index (Phi) is 7.27. The number of nitrogens with zero attached hydrogens (tertiary/aromatic N) is 1. The number of carboxylic acids is 1. The van der Waals surface area contributed by atoms with E-state index >= 15 is 0 Å². The number of aliphatic carboxylic acids is 1. The van der Waals surface area contributed by atoms with Gasteiger partial charge in [-0.25, -0.2) is 4.90 Å². The third-order valence-corrected chi connectivity index (χ3v) is 8.75. The predicted molar refractivity (Wildman–Crippen MR) is 164 cm³/mol. The van der Waals surface area contributed by atoms with Crippen molar-refractivity contribution in [2.75, 3.05) is 4.90 Å². The maximum atomic E-state index is 14.1. The monoisotopic (exact) mass is 576 g/mol. The number of anilines is 1. The van der Waals surface area contributed by atoms with Gasteiger partial charge in [0.25, 0.3) is 0 Å². The summed E-state index contributed by atoms with van der Waals surface area (Å²) in [7, 11) is 0. The molecule has 4 aromatic carbocycles. The molecule has 2 heterocycles. The third-order valence-electron chi connectivity index (χ3n) is 8.34. The molecule has 0 bridgehead atoms. The minimum Gasteiger partial charge on any atom is -0.480 e. The average molecular weight is 577 g/mol. The minimum atomic E-state index is -1.70. The molecular formula is C35H29ClN2O4. The van der Waals surface area contributed by atoms with Gasteiger partial charge in [-0.1, -0.05) is 115 Å². The zero-order valence-electron chi connectivity index (χ0n) is 22.9. The number of fused-ring (bicyclic) bond motifs is 1. The van der Waals surface area contributed by atoms with E-state index in [0.29, 0.717) is 10.7 Å². The summed E-state index contributed by atoms with van der Waals surface area (Å²) < 4.78 is 0.